The number of para-hydroxylation sites is 4. The molecule has 0 radical (unpaired) electrons. The molecule has 0 N–H and O–H groups in total. The van der Waals surface area contributed by atoms with Gasteiger partial charge >= 0.3 is 0 Å². The summed E-state index contributed by atoms with van der Waals surface area (Å²) in [5, 5.41) is 1.69. The third kappa shape index (κ3) is 3.07. The molecule has 178 valence electrons. The number of nitrogens with zero attached hydrogens (tertiary/aromatic N) is 2. The largest absolute Gasteiger partial charge is 0.309 e. The maximum atomic E-state index is 8.86. The summed E-state index contributed by atoms with van der Waals surface area (Å²) in [7, 11) is 0. The van der Waals surface area contributed by atoms with E-state index >= 15 is 0 Å². The zero-order chi connectivity index (χ0) is 34.6. The van der Waals surface area contributed by atoms with Gasteiger partial charge in [-0.25, -0.2) is 0 Å². The van der Waals surface area contributed by atoms with Gasteiger partial charge in [-0.2, -0.15) is 0 Å². The molecule has 0 aliphatic heterocycles. The molecule has 0 atom stereocenters. The lowest BCUT2D eigenvalue weighted by atomic mass is 10.0. The molecule has 0 aliphatic rings. The molecular formula is C36H24N2. The monoisotopic (exact) mass is 495 g/mol. The molecule has 0 bridgehead atoms. The van der Waals surface area contributed by atoms with Gasteiger partial charge in [0.15, 0.2) is 0 Å². The summed E-state index contributed by atoms with van der Waals surface area (Å²) in [5.74, 6) is 0. The third-order valence-corrected chi connectivity index (χ3v) is 6.95. The lowest BCUT2D eigenvalue weighted by Crippen LogP contribution is -1.93. The average Bonchev–Trinajstić information content (AvgIpc) is 3.61. The minimum Gasteiger partial charge on any atom is -0.309 e. The molecule has 0 fully saturated rings. The predicted octanol–water partition coefficient (Wildman–Crippen LogP) is 9.55. The first-order valence-corrected chi connectivity index (χ1v) is 12.1. The summed E-state index contributed by atoms with van der Waals surface area (Å²) < 4.78 is 97.6. The Labute approximate surface area is 236 Å². The van der Waals surface area contributed by atoms with Crippen molar-refractivity contribution in [2.24, 2.45) is 0 Å². The average molecular weight is 496 g/mol. The maximum Gasteiger partial charge on any atom is 0.0645 e. The van der Waals surface area contributed by atoms with Crippen LogP contribution in [0, 0.1) is 0 Å². The van der Waals surface area contributed by atoms with Gasteiger partial charge in [0.2, 0.25) is 0 Å². The minimum atomic E-state index is -0.443. The molecule has 0 saturated heterocycles. The summed E-state index contributed by atoms with van der Waals surface area (Å²) in [5.41, 5.74) is 3.85. The van der Waals surface area contributed by atoms with E-state index in [-0.39, 0.29) is 71.0 Å². The van der Waals surface area contributed by atoms with Crippen molar-refractivity contribution in [1.82, 2.24) is 9.13 Å². The molecule has 0 aliphatic carbocycles. The van der Waals surface area contributed by atoms with Gasteiger partial charge in [-0.1, -0.05) is 84.8 Å². The van der Waals surface area contributed by atoms with E-state index in [1.54, 1.807) is 12.1 Å². The van der Waals surface area contributed by atoms with E-state index in [1.807, 2.05) is 59.2 Å². The number of hydrogen-bond donors (Lipinski definition) is 0. The fraction of sp³-hybridized carbons (Fsp3) is 0. The molecule has 2 nitrogen and oxygen atoms in total. The zero-order valence-electron chi connectivity index (χ0n) is 30.9. The first-order valence-electron chi connectivity index (χ1n) is 17.6. The van der Waals surface area contributed by atoms with Crippen LogP contribution in [0.1, 0.15) is 15.1 Å². The number of rotatable bonds is 3. The fourth-order valence-corrected chi connectivity index (χ4v) is 5.31. The van der Waals surface area contributed by atoms with Crippen LogP contribution < -0.4 is 0 Å². The van der Waals surface area contributed by atoms with Crippen LogP contribution in [0.15, 0.2) is 145 Å². The SMILES string of the molecule is [2H]c1cc([2H])c(-n2c3ccc(-c4ccc5c(c4)c4c([2H])c([2H])c([2H])c([2H])c4n5-c4ccccc4)cc3c3c([2H])c([2H])c([2H])c([2H])c32)c([2H])c1. The van der Waals surface area contributed by atoms with E-state index < -0.39 is 12.1 Å². The maximum absolute atomic E-state index is 8.86. The summed E-state index contributed by atoms with van der Waals surface area (Å²) in [6, 6.07) is 20.2. The third-order valence-electron chi connectivity index (χ3n) is 6.95. The van der Waals surface area contributed by atoms with Crippen molar-refractivity contribution in [1.29, 1.82) is 0 Å². The van der Waals surface area contributed by atoms with Crippen molar-refractivity contribution in [2.75, 3.05) is 0 Å². The van der Waals surface area contributed by atoms with Crippen molar-refractivity contribution in [3.63, 3.8) is 0 Å². The van der Waals surface area contributed by atoms with Crippen LogP contribution in [0.3, 0.4) is 0 Å². The van der Waals surface area contributed by atoms with Gasteiger partial charge in [0.1, 0.15) is 0 Å². The van der Waals surface area contributed by atoms with Gasteiger partial charge in [-0.15, -0.1) is 0 Å². The van der Waals surface area contributed by atoms with Crippen LogP contribution in [0.4, 0.5) is 0 Å². The van der Waals surface area contributed by atoms with Crippen molar-refractivity contribution < 1.29 is 15.1 Å². The molecule has 8 aromatic rings. The number of fused-ring (bicyclic) bond motifs is 6. The highest BCUT2D eigenvalue weighted by Gasteiger charge is 2.15. The van der Waals surface area contributed by atoms with Crippen LogP contribution in [-0.4, -0.2) is 9.13 Å². The quantitative estimate of drug-likeness (QED) is 0.231. The Balaban J connectivity index is 1.46. The van der Waals surface area contributed by atoms with E-state index in [4.69, 9.17) is 15.1 Å². The Kier molecular flexibility index (Phi) is 2.80. The molecule has 38 heavy (non-hydrogen) atoms. The van der Waals surface area contributed by atoms with Gasteiger partial charge in [0.05, 0.1) is 37.1 Å². The van der Waals surface area contributed by atoms with E-state index in [0.717, 1.165) is 5.69 Å². The van der Waals surface area contributed by atoms with Crippen molar-refractivity contribution in [3.8, 4) is 22.5 Å². The molecule has 2 heteroatoms. The number of hydrogen-bond acceptors (Lipinski definition) is 0. The second-order valence-corrected chi connectivity index (χ2v) is 9.01. The van der Waals surface area contributed by atoms with E-state index in [9.17, 15) is 0 Å². The number of aromatic nitrogens is 2. The number of benzene rings is 6. The summed E-state index contributed by atoms with van der Waals surface area (Å²) in [6.45, 7) is 0. The fourth-order valence-electron chi connectivity index (χ4n) is 5.31. The highest BCUT2D eigenvalue weighted by molar-refractivity contribution is 6.12. The molecule has 0 saturated carbocycles. The van der Waals surface area contributed by atoms with Gasteiger partial charge in [-0.3, -0.25) is 0 Å². The Morgan fingerprint density at radius 3 is 1.50 bits per heavy atom. The molecule has 0 unspecified atom stereocenters. The highest BCUT2D eigenvalue weighted by atomic mass is 15.0. The van der Waals surface area contributed by atoms with Crippen LogP contribution in [0.25, 0.3) is 66.1 Å². The lowest BCUT2D eigenvalue weighted by molar-refractivity contribution is 1.18. The zero-order valence-corrected chi connectivity index (χ0v) is 19.9. The molecule has 0 spiro atoms. The van der Waals surface area contributed by atoms with Crippen LogP contribution in [0.5, 0.6) is 0 Å². The molecule has 0 amide bonds. The Hall–Kier alpha value is -5.08. The Bertz CT molecular complexity index is 2710. The Morgan fingerprint density at radius 2 is 0.921 bits per heavy atom. The topological polar surface area (TPSA) is 9.86 Å². The van der Waals surface area contributed by atoms with Crippen LogP contribution in [0.2, 0.25) is 0 Å². The second-order valence-electron chi connectivity index (χ2n) is 9.01. The van der Waals surface area contributed by atoms with E-state index in [2.05, 4.69) is 0 Å². The van der Waals surface area contributed by atoms with Crippen LogP contribution >= 0.6 is 0 Å². The predicted molar refractivity (Wildman–Crippen MR) is 161 cm³/mol. The molecule has 2 heterocycles. The first-order chi connectivity index (χ1) is 23.4. The molecule has 8 rings (SSSR count). The van der Waals surface area contributed by atoms with Crippen molar-refractivity contribution in [2.45, 2.75) is 0 Å². The summed E-state index contributed by atoms with van der Waals surface area (Å²) in [4.78, 5) is 0. The Morgan fingerprint density at radius 1 is 0.395 bits per heavy atom. The van der Waals surface area contributed by atoms with E-state index in [1.165, 1.54) is 16.7 Å². The van der Waals surface area contributed by atoms with Gasteiger partial charge in [0.25, 0.3) is 0 Å². The van der Waals surface area contributed by atoms with Gasteiger partial charge in [0, 0.05) is 32.9 Å². The normalized spacial score (nSPS) is 15.7. The van der Waals surface area contributed by atoms with Crippen molar-refractivity contribution in [3.05, 3.63) is 145 Å². The van der Waals surface area contributed by atoms with Crippen LogP contribution in [-0.2, 0) is 0 Å². The molecule has 2 aromatic heterocycles. The van der Waals surface area contributed by atoms with E-state index in [0.29, 0.717) is 43.8 Å². The first kappa shape index (κ1) is 12.9. The molecule has 6 aromatic carbocycles. The lowest BCUT2D eigenvalue weighted by Gasteiger charge is -2.09. The highest BCUT2D eigenvalue weighted by Crippen LogP contribution is 2.38. The summed E-state index contributed by atoms with van der Waals surface area (Å²) >= 11 is 0. The molecular weight excluding hydrogens is 460 g/mol. The van der Waals surface area contributed by atoms with Gasteiger partial charge in [-0.05, 0) is 71.7 Å². The van der Waals surface area contributed by atoms with Gasteiger partial charge < -0.3 is 9.13 Å². The summed E-state index contributed by atoms with van der Waals surface area (Å²) in [6.07, 6.45) is 0. The minimum absolute atomic E-state index is 0.0161. The second kappa shape index (κ2) is 8.22. The van der Waals surface area contributed by atoms with Crippen molar-refractivity contribution >= 4 is 43.6 Å². The standard InChI is InChI=1S/C36H24N2/c1-3-11-27(12-4-1)37-33-17-9-7-15-29(33)31-23-25(19-21-35(31)37)26-20-22-36-32(24-26)30-16-8-10-18-34(30)38(36)28-13-5-2-6-14-28/h1-24H/i1D,7D,8D,9D,10D,11D,12D,15D,16D,17D,18D. The smallest absolute Gasteiger partial charge is 0.0645 e.